The summed E-state index contributed by atoms with van der Waals surface area (Å²) in [5.41, 5.74) is -0.285. The summed E-state index contributed by atoms with van der Waals surface area (Å²) in [6.07, 6.45) is -2.89. The SMILES string of the molecule is CCN(CC1CCOC1)C(=O)c1cnn(-c2ccc(C)cc2)c1C(F)(F)F. The Morgan fingerprint density at radius 2 is 2.04 bits per heavy atom. The average molecular weight is 381 g/mol. The second kappa shape index (κ2) is 7.72. The molecule has 0 spiro atoms. The van der Waals surface area contributed by atoms with Crippen LogP contribution in [0.5, 0.6) is 0 Å². The zero-order valence-corrected chi connectivity index (χ0v) is 15.3. The highest BCUT2D eigenvalue weighted by Crippen LogP contribution is 2.34. The molecule has 0 bridgehead atoms. The van der Waals surface area contributed by atoms with E-state index in [4.69, 9.17) is 4.74 Å². The molecule has 3 rings (SSSR count). The Balaban J connectivity index is 1.96. The van der Waals surface area contributed by atoms with Gasteiger partial charge >= 0.3 is 6.18 Å². The van der Waals surface area contributed by atoms with Crippen LogP contribution in [0.1, 0.15) is 35.0 Å². The fraction of sp³-hybridized carbons (Fsp3) is 0.474. The number of aryl methyl sites for hydroxylation is 1. The van der Waals surface area contributed by atoms with Crippen LogP contribution in [0.15, 0.2) is 30.5 Å². The normalized spacial score (nSPS) is 17.3. The van der Waals surface area contributed by atoms with Crippen LogP contribution >= 0.6 is 0 Å². The minimum atomic E-state index is -4.71. The van der Waals surface area contributed by atoms with Crippen molar-refractivity contribution in [1.29, 1.82) is 0 Å². The number of ether oxygens (including phenoxy) is 1. The maximum atomic E-state index is 13.8. The van der Waals surface area contributed by atoms with Gasteiger partial charge in [-0.2, -0.15) is 18.3 Å². The van der Waals surface area contributed by atoms with Gasteiger partial charge in [0, 0.05) is 25.6 Å². The average Bonchev–Trinajstić information content (AvgIpc) is 3.29. The van der Waals surface area contributed by atoms with E-state index in [2.05, 4.69) is 5.10 Å². The number of rotatable bonds is 5. The number of alkyl halides is 3. The van der Waals surface area contributed by atoms with E-state index in [0.717, 1.165) is 22.9 Å². The monoisotopic (exact) mass is 381 g/mol. The number of nitrogens with zero attached hydrogens (tertiary/aromatic N) is 3. The number of halogens is 3. The lowest BCUT2D eigenvalue weighted by Gasteiger charge is -2.24. The molecule has 1 aliphatic rings. The molecule has 1 aliphatic heterocycles. The summed E-state index contributed by atoms with van der Waals surface area (Å²) in [6, 6.07) is 6.52. The minimum absolute atomic E-state index is 0.149. The summed E-state index contributed by atoms with van der Waals surface area (Å²) in [6.45, 7) is 5.45. The standard InChI is InChI=1S/C19H22F3N3O2/c1-3-24(11-14-8-9-27-12-14)18(26)16-10-23-25(17(16)19(20,21)22)15-6-4-13(2)5-7-15/h4-7,10,14H,3,8-9,11-12H2,1-2H3. The lowest BCUT2D eigenvalue weighted by molar-refractivity contribution is -0.143. The zero-order valence-electron chi connectivity index (χ0n) is 15.3. The first-order valence-corrected chi connectivity index (χ1v) is 8.90. The van der Waals surface area contributed by atoms with Crippen molar-refractivity contribution in [2.45, 2.75) is 26.4 Å². The van der Waals surface area contributed by atoms with Gasteiger partial charge in [-0.3, -0.25) is 4.79 Å². The molecule has 1 unspecified atom stereocenters. The molecule has 0 N–H and O–H groups in total. The molecule has 2 aromatic rings. The Bertz CT molecular complexity index is 794. The predicted octanol–water partition coefficient (Wildman–Crippen LogP) is 3.70. The molecule has 8 heteroatoms. The molecule has 0 aliphatic carbocycles. The van der Waals surface area contributed by atoms with E-state index in [0.29, 0.717) is 26.3 Å². The molecule has 5 nitrogen and oxygen atoms in total. The van der Waals surface area contributed by atoms with Crippen molar-refractivity contribution in [3.8, 4) is 5.69 Å². The van der Waals surface area contributed by atoms with Gasteiger partial charge in [-0.05, 0) is 32.4 Å². The first kappa shape index (κ1) is 19.4. The fourth-order valence-corrected chi connectivity index (χ4v) is 3.22. The van der Waals surface area contributed by atoms with Crippen molar-refractivity contribution >= 4 is 5.91 Å². The second-order valence-electron chi connectivity index (χ2n) is 6.73. The van der Waals surface area contributed by atoms with E-state index in [-0.39, 0.29) is 11.6 Å². The number of benzene rings is 1. The first-order chi connectivity index (χ1) is 12.8. The third-order valence-electron chi connectivity index (χ3n) is 4.72. The van der Waals surface area contributed by atoms with Crippen LogP contribution in [0.4, 0.5) is 13.2 Å². The van der Waals surface area contributed by atoms with Gasteiger partial charge in [0.05, 0.1) is 24.1 Å². The van der Waals surface area contributed by atoms with Crippen LogP contribution in [0, 0.1) is 12.8 Å². The maximum absolute atomic E-state index is 13.8. The summed E-state index contributed by atoms with van der Waals surface area (Å²) < 4.78 is 47.5. The molecule has 0 radical (unpaired) electrons. The molecule has 0 saturated carbocycles. The van der Waals surface area contributed by atoms with E-state index in [1.807, 2.05) is 6.92 Å². The Morgan fingerprint density at radius 1 is 1.33 bits per heavy atom. The Kier molecular flexibility index (Phi) is 5.55. The summed E-state index contributed by atoms with van der Waals surface area (Å²) in [5, 5.41) is 3.88. The van der Waals surface area contributed by atoms with Crippen molar-refractivity contribution in [1.82, 2.24) is 14.7 Å². The van der Waals surface area contributed by atoms with Gasteiger partial charge in [-0.15, -0.1) is 0 Å². The molecular weight excluding hydrogens is 359 g/mol. The van der Waals surface area contributed by atoms with E-state index in [1.54, 1.807) is 31.2 Å². The quantitative estimate of drug-likeness (QED) is 0.794. The summed E-state index contributed by atoms with van der Waals surface area (Å²) >= 11 is 0. The summed E-state index contributed by atoms with van der Waals surface area (Å²) in [5.74, 6) is -0.509. The summed E-state index contributed by atoms with van der Waals surface area (Å²) in [4.78, 5) is 14.3. The number of amides is 1. The van der Waals surface area contributed by atoms with E-state index in [1.165, 1.54) is 4.90 Å². The van der Waals surface area contributed by atoms with E-state index in [9.17, 15) is 18.0 Å². The molecule has 146 valence electrons. The van der Waals surface area contributed by atoms with E-state index < -0.39 is 23.3 Å². The third-order valence-corrected chi connectivity index (χ3v) is 4.72. The van der Waals surface area contributed by atoms with Gasteiger partial charge in [0.15, 0.2) is 5.69 Å². The van der Waals surface area contributed by atoms with Gasteiger partial charge in [0.25, 0.3) is 5.91 Å². The van der Waals surface area contributed by atoms with Crippen LogP contribution < -0.4 is 0 Å². The highest BCUT2D eigenvalue weighted by Gasteiger charge is 2.41. The highest BCUT2D eigenvalue weighted by molar-refractivity contribution is 5.95. The number of hydrogen-bond acceptors (Lipinski definition) is 3. The lowest BCUT2D eigenvalue weighted by Crippen LogP contribution is -2.36. The molecule has 1 aromatic heterocycles. The topological polar surface area (TPSA) is 47.4 Å². The minimum Gasteiger partial charge on any atom is -0.381 e. The fourth-order valence-electron chi connectivity index (χ4n) is 3.22. The van der Waals surface area contributed by atoms with Crippen LogP contribution in [0.2, 0.25) is 0 Å². The molecule has 1 amide bonds. The van der Waals surface area contributed by atoms with Crippen molar-refractivity contribution < 1.29 is 22.7 Å². The third kappa shape index (κ3) is 4.16. The first-order valence-electron chi connectivity index (χ1n) is 8.90. The van der Waals surface area contributed by atoms with Gasteiger partial charge in [-0.1, -0.05) is 17.7 Å². The Morgan fingerprint density at radius 3 is 2.59 bits per heavy atom. The molecule has 2 heterocycles. The zero-order chi connectivity index (χ0) is 19.6. The van der Waals surface area contributed by atoms with Crippen molar-refractivity contribution in [2.75, 3.05) is 26.3 Å². The van der Waals surface area contributed by atoms with Crippen LogP contribution in [-0.4, -0.2) is 46.9 Å². The van der Waals surface area contributed by atoms with Gasteiger partial charge in [0.2, 0.25) is 0 Å². The number of hydrogen-bond donors (Lipinski definition) is 0. The summed E-state index contributed by atoms with van der Waals surface area (Å²) in [7, 11) is 0. The van der Waals surface area contributed by atoms with Crippen molar-refractivity contribution in [3.63, 3.8) is 0 Å². The van der Waals surface area contributed by atoms with Crippen molar-refractivity contribution in [3.05, 3.63) is 47.3 Å². The van der Waals surface area contributed by atoms with Crippen molar-refractivity contribution in [2.24, 2.45) is 5.92 Å². The van der Waals surface area contributed by atoms with Crippen LogP contribution in [0.25, 0.3) is 5.69 Å². The largest absolute Gasteiger partial charge is 0.434 e. The molecule has 1 saturated heterocycles. The molecule has 27 heavy (non-hydrogen) atoms. The van der Waals surface area contributed by atoms with Crippen LogP contribution in [-0.2, 0) is 10.9 Å². The smallest absolute Gasteiger partial charge is 0.381 e. The molecular formula is C19H22F3N3O2. The van der Waals surface area contributed by atoms with Gasteiger partial charge in [0.1, 0.15) is 0 Å². The number of aromatic nitrogens is 2. The predicted molar refractivity (Wildman–Crippen MR) is 93.8 cm³/mol. The Hall–Kier alpha value is -2.35. The number of carbonyl (C=O) groups is 1. The Labute approximate surface area is 155 Å². The molecule has 1 fully saturated rings. The van der Waals surface area contributed by atoms with Gasteiger partial charge in [-0.25, -0.2) is 4.68 Å². The highest BCUT2D eigenvalue weighted by atomic mass is 19.4. The number of carbonyl (C=O) groups excluding carboxylic acids is 1. The van der Waals surface area contributed by atoms with E-state index >= 15 is 0 Å². The molecule has 1 aromatic carbocycles. The maximum Gasteiger partial charge on any atom is 0.434 e. The van der Waals surface area contributed by atoms with Gasteiger partial charge < -0.3 is 9.64 Å². The lowest BCUT2D eigenvalue weighted by atomic mass is 10.1. The second-order valence-corrected chi connectivity index (χ2v) is 6.73. The van der Waals surface area contributed by atoms with Crippen LogP contribution in [0.3, 0.4) is 0 Å². The molecule has 1 atom stereocenters.